The molecule has 0 saturated heterocycles. The van der Waals surface area contributed by atoms with Gasteiger partial charge in [-0.25, -0.2) is 14.0 Å². The quantitative estimate of drug-likeness (QED) is 0.318. The fourth-order valence-corrected chi connectivity index (χ4v) is 6.34. The summed E-state index contributed by atoms with van der Waals surface area (Å²) in [5, 5.41) is 10.5. The first kappa shape index (κ1) is 31.4. The van der Waals surface area contributed by atoms with E-state index in [-0.39, 0.29) is 18.9 Å². The topological polar surface area (TPSA) is 98.2 Å². The van der Waals surface area contributed by atoms with Crippen LogP contribution in [0, 0.1) is 19.7 Å². The number of carbonyl (C=O) groups excluding carboxylic acids is 1. The lowest BCUT2D eigenvalue weighted by molar-refractivity contribution is -0.160. The maximum Gasteiger partial charge on any atom is 0.410 e. The van der Waals surface area contributed by atoms with Crippen molar-refractivity contribution in [1.82, 2.24) is 9.88 Å². The monoisotopic (exact) mass is 604 g/mol. The molecule has 3 aromatic rings. The summed E-state index contributed by atoms with van der Waals surface area (Å²) in [6.45, 7) is 14.0. The Balaban J connectivity index is 1.72. The summed E-state index contributed by atoms with van der Waals surface area (Å²) >= 11 is 0. The van der Waals surface area contributed by atoms with Crippen LogP contribution in [0.2, 0.25) is 0 Å². The van der Waals surface area contributed by atoms with Crippen molar-refractivity contribution < 1.29 is 33.3 Å². The Labute approximate surface area is 258 Å². The molecule has 44 heavy (non-hydrogen) atoms. The molecule has 2 aliphatic heterocycles. The normalized spacial score (nSPS) is 16.4. The molecule has 5 rings (SSSR count). The lowest BCUT2D eigenvalue weighted by Crippen LogP contribution is -2.46. The molecule has 1 N–H and O–H groups in total. The number of fused-ring (bicyclic) bond motifs is 2. The highest BCUT2D eigenvalue weighted by Gasteiger charge is 2.42. The Morgan fingerprint density at radius 2 is 1.86 bits per heavy atom. The molecule has 0 spiro atoms. The number of aromatic nitrogens is 1. The molecule has 0 bridgehead atoms. The first-order valence-electron chi connectivity index (χ1n) is 15.0. The molecule has 9 heteroatoms. The van der Waals surface area contributed by atoms with Gasteiger partial charge in [0.25, 0.3) is 0 Å². The number of amides is 1. The molecule has 0 fully saturated rings. The average Bonchev–Trinajstić information content (AvgIpc) is 2.96. The molecule has 1 aromatic heterocycles. The van der Waals surface area contributed by atoms with E-state index in [0.717, 1.165) is 28.8 Å². The van der Waals surface area contributed by atoms with Crippen molar-refractivity contribution in [3.63, 3.8) is 0 Å². The number of nitrogens with zero attached hydrogens (tertiary/aromatic N) is 2. The van der Waals surface area contributed by atoms with E-state index in [1.807, 2.05) is 51.1 Å². The molecule has 1 amide bonds. The second-order valence-corrected chi connectivity index (χ2v) is 13.3. The number of carboxylic acids is 1. The zero-order chi connectivity index (χ0) is 32.0. The number of hydrogen-bond donors (Lipinski definition) is 1. The molecule has 0 radical (unpaired) electrons. The molecule has 8 nitrogen and oxygen atoms in total. The summed E-state index contributed by atoms with van der Waals surface area (Å²) < 4.78 is 33.3. The van der Waals surface area contributed by atoms with Crippen LogP contribution in [0.1, 0.15) is 86.3 Å². The van der Waals surface area contributed by atoms with Gasteiger partial charge in [-0.05, 0) is 75.8 Å². The number of carbonyl (C=O) groups is 2. The van der Waals surface area contributed by atoms with Crippen LogP contribution in [-0.4, -0.2) is 45.8 Å². The third kappa shape index (κ3) is 6.15. The molecular weight excluding hydrogens is 563 g/mol. The van der Waals surface area contributed by atoms with Gasteiger partial charge in [-0.2, -0.15) is 0 Å². The van der Waals surface area contributed by atoms with Crippen molar-refractivity contribution in [2.24, 2.45) is 0 Å². The highest BCUT2D eigenvalue weighted by Crippen LogP contribution is 2.47. The predicted molar refractivity (Wildman–Crippen MR) is 164 cm³/mol. The maximum atomic E-state index is 15.7. The van der Waals surface area contributed by atoms with Gasteiger partial charge in [0, 0.05) is 34.3 Å². The minimum atomic E-state index is -1.39. The van der Waals surface area contributed by atoms with E-state index < -0.39 is 35.0 Å². The zero-order valence-electron chi connectivity index (χ0n) is 26.5. The van der Waals surface area contributed by atoms with Crippen LogP contribution < -0.4 is 4.74 Å². The van der Waals surface area contributed by atoms with E-state index in [4.69, 9.17) is 19.2 Å². The van der Waals surface area contributed by atoms with Gasteiger partial charge in [0.15, 0.2) is 17.7 Å². The fourth-order valence-electron chi connectivity index (χ4n) is 6.34. The minimum Gasteiger partial charge on any atom is -0.490 e. The average molecular weight is 605 g/mol. The van der Waals surface area contributed by atoms with Crippen molar-refractivity contribution in [2.75, 3.05) is 13.2 Å². The third-order valence-corrected chi connectivity index (χ3v) is 8.23. The van der Waals surface area contributed by atoms with Crippen LogP contribution in [0.3, 0.4) is 0 Å². The van der Waals surface area contributed by atoms with E-state index in [1.165, 1.54) is 6.07 Å². The van der Waals surface area contributed by atoms with Crippen molar-refractivity contribution >= 4 is 12.1 Å². The summed E-state index contributed by atoms with van der Waals surface area (Å²) in [7, 11) is 0. The highest BCUT2D eigenvalue weighted by molar-refractivity contribution is 5.85. The third-order valence-electron chi connectivity index (χ3n) is 8.23. The molecule has 234 valence electrons. The molecule has 0 aliphatic carbocycles. The summed E-state index contributed by atoms with van der Waals surface area (Å²) in [4.78, 5) is 32.9. The van der Waals surface area contributed by atoms with Gasteiger partial charge in [0.2, 0.25) is 0 Å². The van der Waals surface area contributed by atoms with E-state index in [2.05, 4.69) is 0 Å². The number of benzene rings is 2. The summed E-state index contributed by atoms with van der Waals surface area (Å²) in [6.07, 6.45) is -0.502. The molecule has 0 unspecified atom stereocenters. The Kier molecular flexibility index (Phi) is 8.46. The molecule has 2 aliphatic rings. The summed E-state index contributed by atoms with van der Waals surface area (Å²) in [5.41, 5.74) is 4.29. The number of aryl methyl sites for hydroxylation is 1. The molecule has 1 atom stereocenters. The molecule has 2 aromatic carbocycles. The SMILES string of the molecule is Cc1nc2c(c(-c3cc(F)c4c(c3C)CCCO4)c1[C@H](OC(C)(C)C)C(=O)O)CN(C(=O)OCc1ccccc1)CC2(C)C. The van der Waals surface area contributed by atoms with Crippen molar-refractivity contribution in [1.29, 1.82) is 0 Å². The molecular formula is C35H41FN2O6. The molecule has 0 saturated carbocycles. The molecule has 3 heterocycles. The van der Waals surface area contributed by atoms with Crippen LogP contribution in [0.25, 0.3) is 11.1 Å². The Hall–Kier alpha value is -3.98. The largest absolute Gasteiger partial charge is 0.490 e. The van der Waals surface area contributed by atoms with Crippen molar-refractivity contribution in [2.45, 2.75) is 91.6 Å². The number of rotatable bonds is 6. The predicted octanol–water partition coefficient (Wildman–Crippen LogP) is 7.20. The fraction of sp³-hybridized carbons (Fsp3) is 0.457. The van der Waals surface area contributed by atoms with E-state index in [1.54, 1.807) is 32.6 Å². The first-order valence-corrected chi connectivity index (χ1v) is 15.0. The van der Waals surface area contributed by atoms with Gasteiger partial charge in [0.1, 0.15) is 6.61 Å². The number of ether oxygens (including phenoxy) is 3. The Morgan fingerprint density at radius 3 is 2.52 bits per heavy atom. The van der Waals surface area contributed by atoms with Gasteiger partial charge in [-0.3, -0.25) is 4.98 Å². The van der Waals surface area contributed by atoms with Crippen LogP contribution >= 0.6 is 0 Å². The second-order valence-electron chi connectivity index (χ2n) is 13.3. The van der Waals surface area contributed by atoms with E-state index in [9.17, 15) is 14.7 Å². The van der Waals surface area contributed by atoms with Gasteiger partial charge in [-0.15, -0.1) is 0 Å². The van der Waals surface area contributed by atoms with Crippen LogP contribution in [0.4, 0.5) is 9.18 Å². The maximum absolute atomic E-state index is 15.7. The van der Waals surface area contributed by atoms with E-state index >= 15 is 4.39 Å². The number of hydrogen-bond acceptors (Lipinski definition) is 6. The van der Waals surface area contributed by atoms with Crippen molar-refractivity contribution in [3.8, 4) is 16.9 Å². The summed E-state index contributed by atoms with van der Waals surface area (Å²) in [6, 6.07) is 10.9. The van der Waals surface area contributed by atoms with Gasteiger partial charge in [-0.1, -0.05) is 44.2 Å². The summed E-state index contributed by atoms with van der Waals surface area (Å²) in [5.74, 6) is -1.45. The minimum absolute atomic E-state index is 0.110. The second kappa shape index (κ2) is 11.8. The first-order chi connectivity index (χ1) is 20.7. The standard InChI is InChI=1S/C35H41FN2O6/c1-20-23-14-11-15-42-29(23)26(36)16-24(20)28-25-17-38(33(41)43-18-22-12-9-8-10-13-22)19-35(6,7)31(25)37-21(2)27(28)30(32(39)40)44-34(3,4)5/h8-10,12-13,16,30H,11,14-15,17-19H2,1-7H3,(H,39,40)/t30-/m0/s1. The van der Waals surface area contributed by atoms with Crippen LogP contribution in [0.15, 0.2) is 36.4 Å². The number of pyridine rings is 1. The van der Waals surface area contributed by atoms with Gasteiger partial charge in [0.05, 0.1) is 24.4 Å². The number of aliphatic carboxylic acids is 1. The lowest BCUT2D eigenvalue weighted by Gasteiger charge is -2.41. The Bertz CT molecular complexity index is 1600. The van der Waals surface area contributed by atoms with E-state index in [0.29, 0.717) is 47.5 Å². The van der Waals surface area contributed by atoms with Crippen LogP contribution in [-0.2, 0) is 39.3 Å². The lowest BCUT2D eigenvalue weighted by atomic mass is 9.76. The smallest absolute Gasteiger partial charge is 0.410 e. The Morgan fingerprint density at radius 1 is 1.16 bits per heavy atom. The van der Waals surface area contributed by atoms with Gasteiger partial charge >= 0.3 is 12.1 Å². The zero-order valence-corrected chi connectivity index (χ0v) is 26.5. The number of halogens is 1. The van der Waals surface area contributed by atoms with Crippen molar-refractivity contribution in [3.05, 3.63) is 81.4 Å². The number of carboxylic acid groups (broad SMARTS) is 1. The van der Waals surface area contributed by atoms with Crippen LogP contribution in [0.5, 0.6) is 5.75 Å². The highest BCUT2D eigenvalue weighted by atomic mass is 19.1. The van der Waals surface area contributed by atoms with Gasteiger partial charge < -0.3 is 24.2 Å².